The SMILES string of the molecule is O=C(c1c[nH]c2c(ccc3ccccc32)c1=O)C1CC1. The van der Waals surface area contributed by atoms with Crippen LogP contribution in [0.15, 0.2) is 47.4 Å². The van der Waals surface area contributed by atoms with Crippen LogP contribution >= 0.6 is 0 Å². The van der Waals surface area contributed by atoms with Gasteiger partial charge in [-0.05, 0) is 24.3 Å². The van der Waals surface area contributed by atoms with Gasteiger partial charge in [-0.3, -0.25) is 9.59 Å². The zero-order valence-electron chi connectivity index (χ0n) is 10.8. The molecule has 3 nitrogen and oxygen atoms in total. The minimum absolute atomic E-state index is 0.0127. The molecule has 3 heteroatoms. The van der Waals surface area contributed by atoms with E-state index < -0.39 is 0 Å². The molecule has 1 N–H and O–H groups in total. The molecule has 4 rings (SSSR count). The summed E-state index contributed by atoms with van der Waals surface area (Å²) in [5, 5.41) is 2.68. The van der Waals surface area contributed by atoms with Crippen LogP contribution in [-0.4, -0.2) is 10.8 Å². The van der Waals surface area contributed by atoms with Crippen molar-refractivity contribution in [1.29, 1.82) is 0 Å². The molecule has 0 atom stereocenters. The third-order valence-corrected chi connectivity index (χ3v) is 3.99. The average Bonchev–Trinajstić information content (AvgIpc) is 3.31. The normalized spacial score (nSPS) is 14.8. The Hall–Kier alpha value is -2.42. The first kappa shape index (κ1) is 11.4. The predicted octanol–water partition coefficient (Wildman–Crippen LogP) is 3.27. The Morgan fingerprint density at radius 2 is 1.85 bits per heavy atom. The molecule has 3 aromatic rings. The van der Waals surface area contributed by atoms with Gasteiger partial charge in [0.1, 0.15) is 0 Å². The third kappa shape index (κ3) is 1.59. The molecule has 0 spiro atoms. The lowest BCUT2D eigenvalue weighted by molar-refractivity contribution is 0.0966. The van der Waals surface area contributed by atoms with Crippen molar-refractivity contribution in [2.45, 2.75) is 12.8 Å². The lowest BCUT2D eigenvalue weighted by Gasteiger charge is -2.05. The molecule has 0 amide bonds. The minimum atomic E-state index is -0.151. The maximum Gasteiger partial charge on any atom is 0.200 e. The lowest BCUT2D eigenvalue weighted by atomic mass is 10.0. The second kappa shape index (κ2) is 4.04. The topological polar surface area (TPSA) is 49.9 Å². The number of benzene rings is 2. The number of H-pyrrole nitrogens is 1. The van der Waals surface area contributed by atoms with Gasteiger partial charge in [-0.2, -0.15) is 0 Å². The van der Waals surface area contributed by atoms with Crippen LogP contribution in [0.5, 0.6) is 0 Å². The highest BCUT2D eigenvalue weighted by atomic mass is 16.1. The van der Waals surface area contributed by atoms with Crippen molar-refractivity contribution >= 4 is 27.5 Å². The fourth-order valence-corrected chi connectivity index (χ4v) is 2.72. The molecular weight excluding hydrogens is 250 g/mol. The highest BCUT2D eigenvalue weighted by Gasteiger charge is 2.32. The molecular formula is C17H13NO2. The van der Waals surface area contributed by atoms with Gasteiger partial charge in [-0.1, -0.05) is 30.3 Å². The van der Waals surface area contributed by atoms with E-state index in [-0.39, 0.29) is 17.1 Å². The van der Waals surface area contributed by atoms with Crippen molar-refractivity contribution in [3.05, 3.63) is 58.4 Å². The number of carbonyl (C=O) groups excluding carboxylic acids is 1. The molecule has 0 saturated heterocycles. The first-order chi connectivity index (χ1) is 9.75. The predicted molar refractivity (Wildman–Crippen MR) is 79.1 cm³/mol. The van der Waals surface area contributed by atoms with E-state index in [2.05, 4.69) is 4.98 Å². The summed E-state index contributed by atoms with van der Waals surface area (Å²) in [5.74, 6) is 0.0512. The quantitative estimate of drug-likeness (QED) is 0.570. The molecule has 20 heavy (non-hydrogen) atoms. The van der Waals surface area contributed by atoms with E-state index in [1.54, 1.807) is 12.3 Å². The third-order valence-electron chi connectivity index (χ3n) is 3.99. The summed E-state index contributed by atoms with van der Waals surface area (Å²) in [6, 6.07) is 11.6. The number of hydrogen-bond donors (Lipinski definition) is 1. The molecule has 0 unspecified atom stereocenters. The van der Waals surface area contributed by atoms with Gasteiger partial charge in [0.25, 0.3) is 0 Å². The Kier molecular flexibility index (Phi) is 2.30. The number of fused-ring (bicyclic) bond motifs is 3. The van der Waals surface area contributed by atoms with Crippen LogP contribution in [0.4, 0.5) is 0 Å². The van der Waals surface area contributed by atoms with E-state index in [1.807, 2.05) is 30.3 Å². The Morgan fingerprint density at radius 3 is 2.65 bits per heavy atom. The number of aromatic amines is 1. The summed E-state index contributed by atoms with van der Waals surface area (Å²) in [6.45, 7) is 0. The molecule has 0 radical (unpaired) electrons. The van der Waals surface area contributed by atoms with Crippen LogP contribution in [0.1, 0.15) is 23.2 Å². The summed E-state index contributed by atoms with van der Waals surface area (Å²) in [4.78, 5) is 27.8. The number of aromatic nitrogens is 1. The van der Waals surface area contributed by atoms with Gasteiger partial charge < -0.3 is 4.98 Å². The van der Waals surface area contributed by atoms with E-state index in [0.29, 0.717) is 10.9 Å². The molecule has 0 bridgehead atoms. The molecule has 1 aliphatic rings. The smallest absolute Gasteiger partial charge is 0.200 e. The fraction of sp³-hybridized carbons (Fsp3) is 0.176. The zero-order valence-corrected chi connectivity index (χ0v) is 10.8. The van der Waals surface area contributed by atoms with Gasteiger partial charge in [-0.15, -0.1) is 0 Å². The van der Waals surface area contributed by atoms with Crippen LogP contribution in [0, 0.1) is 5.92 Å². The van der Waals surface area contributed by atoms with E-state index in [1.165, 1.54) is 0 Å². The van der Waals surface area contributed by atoms with Crippen LogP contribution < -0.4 is 5.43 Å². The molecule has 2 aromatic carbocycles. The number of carbonyl (C=O) groups is 1. The second-order valence-corrected chi connectivity index (χ2v) is 5.38. The van der Waals surface area contributed by atoms with Gasteiger partial charge in [0.15, 0.2) is 11.2 Å². The molecule has 1 aliphatic carbocycles. The maximum absolute atomic E-state index is 12.5. The van der Waals surface area contributed by atoms with Gasteiger partial charge in [-0.25, -0.2) is 0 Å². The largest absolute Gasteiger partial charge is 0.360 e. The molecule has 1 saturated carbocycles. The van der Waals surface area contributed by atoms with E-state index in [4.69, 9.17) is 0 Å². The number of nitrogens with one attached hydrogen (secondary N) is 1. The van der Waals surface area contributed by atoms with Gasteiger partial charge >= 0.3 is 0 Å². The van der Waals surface area contributed by atoms with Crippen LogP contribution in [-0.2, 0) is 0 Å². The van der Waals surface area contributed by atoms with E-state index in [9.17, 15) is 9.59 Å². The Balaban J connectivity index is 2.04. The number of ketones is 1. The molecule has 1 aromatic heterocycles. The first-order valence-corrected chi connectivity index (χ1v) is 6.83. The van der Waals surface area contributed by atoms with Crippen molar-refractivity contribution in [1.82, 2.24) is 4.98 Å². The zero-order chi connectivity index (χ0) is 13.7. The Bertz CT molecular complexity index is 904. The number of Topliss-reactive ketones (excluding diaryl/α,β-unsaturated/α-hetero) is 1. The highest BCUT2D eigenvalue weighted by molar-refractivity contribution is 6.08. The molecule has 98 valence electrons. The number of pyridine rings is 1. The Labute approximate surface area is 115 Å². The van der Waals surface area contributed by atoms with Gasteiger partial charge in [0, 0.05) is 22.9 Å². The first-order valence-electron chi connectivity index (χ1n) is 6.83. The standard InChI is InChI=1S/C17H13NO2/c19-16(11-5-6-11)14-9-18-15-12-4-2-1-3-10(12)7-8-13(15)17(14)20/h1-4,7-9,11H,5-6H2,(H,18,20). The van der Waals surface area contributed by atoms with E-state index in [0.717, 1.165) is 29.1 Å². The summed E-state index contributed by atoms with van der Waals surface area (Å²) in [7, 11) is 0. The van der Waals surface area contributed by atoms with Gasteiger partial charge in [0.05, 0.1) is 11.1 Å². The summed E-state index contributed by atoms with van der Waals surface area (Å²) >= 11 is 0. The summed E-state index contributed by atoms with van der Waals surface area (Å²) < 4.78 is 0. The molecule has 0 aliphatic heterocycles. The number of hydrogen-bond acceptors (Lipinski definition) is 2. The Morgan fingerprint density at radius 1 is 1.05 bits per heavy atom. The summed E-state index contributed by atoms with van der Waals surface area (Å²) in [5.41, 5.74) is 0.956. The van der Waals surface area contributed by atoms with E-state index >= 15 is 0 Å². The molecule has 1 heterocycles. The van der Waals surface area contributed by atoms with Gasteiger partial charge in [0.2, 0.25) is 0 Å². The van der Waals surface area contributed by atoms with Crippen molar-refractivity contribution < 1.29 is 4.79 Å². The monoisotopic (exact) mass is 263 g/mol. The number of rotatable bonds is 2. The van der Waals surface area contributed by atoms with Crippen LogP contribution in [0.2, 0.25) is 0 Å². The lowest BCUT2D eigenvalue weighted by Crippen LogP contribution is -2.17. The molecule has 1 fully saturated rings. The highest BCUT2D eigenvalue weighted by Crippen LogP contribution is 2.32. The van der Waals surface area contributed by atoms with Crippen molar-refractivity contribution in [3.63, 3.8) is 0 Å². The minimum Gasteiger partial charge on any atom is -0.360 e. The fourth-order valence-electron chi connectivity index (χ4n) is 2.72. The average molecular weight is 263 g/mol. The van der Waals surface area contributed by atoms with Crippen molar-refractivity contribution in [2.24, 2.45) is 5.92 Å². The van der Waals surface area contributed by atoms with Crippen molar-refractivity contribution in [2.75, 3.05) is 0 Å². The van der Waals surface area contributed by atoms with Crippen molar-refractivity contribution in [3.8, 4) is 0 Å². The summed E-state index contributed by atoms with van der Waals surface area (Å²) in [6.07, 6.45) is 3.40. The van der Waals surface area contributed by atoms with Crippen LogP contribution in [0.25, 0.3) is 21.7 Å². The van der Waals surface area contributed by atoms with Crippen LogP contribution in [0.3, 0.4) is 0 Å². The maximum atomic E-state index is 12.5. The second-order valence-electron chi connectivity index (χ2n) is 5.38.